The number of hydrogen-bond donors (Lipinski definition) is 1. The van der Waals surface area contributed by atoms with Crippen molar-refractivity contribution in [1.29, 1.82) is 0 Å². The summed E-state index contributed by atoms with van der Waals surface area (Å²) in [5.41, 5.74) is 0.782. The Bertz CT molecular complexity index is 388. The SMILES string of the molecule is CCCNc1ccc(CN(CC(F)(F)F)C(C)C)cn1. The number of rotatable bonds is 7. The molecule has 1 N–H and O–H groups in total. The lowest BCUT2D eigenvalue weighted by atomic mass is 10.2. The normalized spacial score (nSPS) is 12.2. The van der Waals surface area contributed by atoms with Gasteiger partial charge in [0.2, 0.25) is 0 Å². The van der Waals surface area contributed by atoms with Gasteiger partial charge < -0.3 is 5.32 Å². The average molecular weight is 289 g/mol. The van der Waals surface area contributed by atoms with Crippen LogP contribution in [0.5, 0.6) is 0 Å². The van der Waals surface area contributed by atoms with Gasteiger partial charge in [0, 0.05) is 25.3 Å². The van der Waals surface area contributed by atoms with Gasteiger partial charge in [-0.3, -0.25) is 4.90 Å². The van der Waals surface area contributed by atoms with Crippen LogP contribution in [0.15, 0.2) is 18.3 Å². The van der Waals surface area contributed by atoms with Crippen LogP contribution in [0.3, 0.4) is 0 Å². The minimum absolute atomic E-state index is 0.172. The van der Waals surface area contributed by atoms with E-state index >= 15 is 0 Å². The highest BCUT2D eigenvalue weighted by Crippen LogP contribution is 2.20. The monoisotopic (exact) mass is 289 g/mol. The molecule has 0 bridgehead atoms. The molecule has 0 aliphatic heterocycles. The third kappa shape index (κ3) is 6.23. The van der Waals surface area contributed by atoms with Crippen molar-refractivity contribution >= 4 is 5.82 Å². The van der Waals surface area contributed by atoms with Gasteiger partial charge in [-0.2, -0.15) is 13.2 Å². The second-order valence-corrected chi connectivity index (χ2v) is 5.09. The molecule has 0 spiro atoms. The first-order valence-electron chi connectivity index (χ1n) is 6.81. The van der Waals surface area contributed by atoms with Crippen molar-refractivity contribution in [3.8, 4) is 0 Å². The molecule has 0 unspecified atom stereocenters. The summed E-state index contributed by atoms with van der Waals surface area (Å²) in [7, 11) is 0. The average Bonchev–Trinajstić information content (AvgIpc) is 2.35. The van der Waals surface area contributed by atoms with E-state index in [-0.39, 0.29) is 12.6 Å². The fraction of sp³-hybridized carbons (Fsp3) is 0.643. The molecule has 0 aliphatic rings. The Balaban J connectivity index is 2.64. The smallest absolute Gasteiger partial charge is 0.370 e. The lowest BCUT2D eigenvalue weighted by Gasteiger charge is -2.27. The highest BCUT2D eigenvalue weighted by atomic mass is 19.4. The summed E-state index contributed by atoms with van der Waals surface area (Å²) in [6.07, 6.45) is -1.56. The van der Waals surface area contributed by atoms with E-state index in [9.17, 15) is 13.2 Å². The largest absolute Gasteiger partial charge is 0.401 e. The quantitative estimate of drug-likeness (QED) is 0.830. The third-order valence-electron chi connectivity index (χ3n) is 2.88. The van der Waals surface area contributed by atoms with Crippen molar-refractivity contribution in [2.75, 3.05) is 18.4 Å². The van der Waals surface area contributed by atoms with Gasteiger partial charge in [0.05, 0.1) is 6.54 Å². The van der Waals surface area contributed by atoms with Crippen molar-refractivity contribution in [1.82, 2.24) is 9.88 Å². The lowest BCUT2D eigenvalue weighted by molar-refractivity contribution is -0.150. The highest BCUT2D eigenvalue weighted by molar-refractivity contribution is 5.35. The fourth-order valence-electron chi connectivity index (χ4n) is 1.76. The van der Waals surface area contributed by atoms with Crippen LogP contribution in [-0.4, -0.2) is 35.2 Å². The van der Waals surface area contributed by atoms with Crippen LogP contribution in [0.2, 0.25) is 0 Å². The van der Waals surface area contributed by atoms with Crippen molar-refractivity contribution in [2.45, 2.75) is 46.0 Å². The minimum Gasteiger partial charge on any atom is -0.370 e. The van der Waals surface area contributed by atoms with Gasteiger partial charge >= 0.3 is 6.18 Å². The van der Waals surface area contributed by atoms with Crippen LogP contribution < -0.4 is 5.32 Å². The summed E-state index contributed by atoms with van der Waals surface area (Å²) >= 11 is 0. The molecule has 0 fully saturated rings. The summed E-state index contributed by atoms with van der Waals surface area (Å²) in [4.78, 5) is 5.59. The van der Waals surface area contributed by atoms with E-state index < -0.39 is 12.7 Å². The number of aromatic nitrogens is 1. The van der Waals surface area contributed by atoms with Crippen LogP contribution >= 0.6 is 0 Å². The zero-order valence-corrected chi connectivity index (χ0v) is 12.2. The number of anilines is 1. The van der Waals surface area contributed by atoms with Gasteiger partial charge in [-0.25, -0.2) is 4.98 Å². The van der Waals surface area contributed by atoms with Gasteiger partial charge in [-0.15, -0.1) is 0 Å². The topological polar surface area (TPSA) is 28.2 Å². The van der Waals surface area contributed by atoms with E-state index in [0.29, 0.717) is 0 Å². The molecule has 3 nitrogen and oxygen atoms in total. The summed E-state index contributed by atoms with van der Waals surface area (Å²) in [5, 5.41) is 3.13. The molecule has 0 radical (unpaired) electrons. The molecule has 0 aliphatic carbocycles. The molecule has 1 heterocycles. The molecule has 114 valence electrons. The molecule has 1 aromatic rings. The maximum Gasteiger partial charge on any atom is 0.401 e. The van der Waals surface area contributed by atoms with Crippen molar-refractivity contribution in [3.63, 3.8) is 0 Å². The van der Waals surface area contributed by atoms with Gasteiger partial charge in [0.1, 0.15) is 5.82 Å². The first-order valence-corrected chi connectivity index (χ1v) is 6.81. The Hall–Kier alpha value is -1.30. The van der Waals surface area contributed by atoms with E-state index in [1.807, 2.05) is 6.07 Å². The first kappa shape index (κ1) is 16.8. The lowest BCUT2D eigenvalue weighted by Crippen LogP contribution is -2.38. The molecule has 0 amide bonds. The van der Waals surface area contributed by atoms with Crippen LogP contribution in [0.1, 0.15) is 32.8 Å². The molecule has 1 aromatic heterocycles. The highest BCUT2D eigenvalue weighted by Gasteiger charge is 2.31. The number of hydrogen-bond acceptors (Lipinski definition) is 3. The van der Waals surface area contributed by atoms with Gasteiger partial charge in [0.25, 0.3) is 0 Å². The Kier molecular flexibility index (Phi) is 6.26. The predicted molar refractivity (Wildman–Crippen MR) is 74.6 cm³/mol. The summed E-state index contributed by atoms with van der Waals surface area (Å²) < 4.78 is 37.5. The Morgan fingerprint density at radius 2 is 2.00 bits per heavy atom. The standard InChI is InChI=1S/C14H22F3N3/c1-4-7-18-13-6-5-12(8-19-13)9-20(11(2)3)10-14(15,16)17/h5-6,8,11H,4,7,9-10H2,1-3H3,(H,18,19). The molecule has 0 atom stereocenters. The Morgan fingerprint density at radius 3 is 2.45 bits per heavy atom. The van der Waals surface area contributed by atoms with Gasteiger partial charge in [0.15, 0.2) is 0 Å². The van der Waals surface area contributed by atoms with Crippen molar-refractivity contribution in [2.24, 2.45) is 0 Å². The number of pyridine rings is 1. The maximum absolute atomic E-state index is 12.5. The maximum atomic E-state index is 12.5. The van der Waals surface area contributed by atoms with E-state index in [2.05, 4.69) is 17.2 Å². The fourth-order valence-corrected chi connectivity index (χ4v) is 1.76. The second-order valence-electron chi connectivity index (χ2n) is 5.09. The number of alkyl halides is 3. The minimum atomic E-state index is -4.18. The van der Waals surface area contributed by atoms with Gasteiger partial charge in [-0.1, -0.05) is 13.0 Å². The van der Waals surface area contributed by atoms with E-state index in [1.165, 1.54) is 4.90 Å². The molecule has 20 heavy (non-hydrogen) atoms. The van der Waals surface area contributed by atoms with E-state index in [4.69, 9.17) is 0 Å². The van der Waals surface area contributed by atoms with E-state index in [1.54, 1.807) is 26.1 Å². The van der Waals surface area contributed by atoms with Gasteiger partial charge in [-0.05, 0) is 31.9 Å². The third-order valence-corrected chi connectivity index (χ3v) is 2.88. The molecule has 0 saturated carbocycles. The Labute approximate surface area is 118 Å². The number of halogens is 3. The van der Waals surface area contributed by atoms with Crippen LogP contribution in [0.4, 0.5) is 19.0 Å². The second kappa shape index (κ2) is 7.47. The van der Waals surface area contributed by atoms with E-state index in [0.717, 1.165) is 24.3 Å². The Morgan fingerprint density at radius 1 is 1.30 bits per heavy atom. The van der Waals surface area contributed by atoms with Crippen molar-refractivity contribution in [3.05, 3.63) is 23.9 Å². The first-order chi connectivity index (χ1) is 9.31. The number of nitrogens with zero attached hydrogens (tertiary/aromatic N) is 2. The molecule has 1 rings (SSSR count). The van der Waals surface area contributed by atoms with Crippen LogP contribution in [0.25, 0.3) is 0 Å². The molecule has 6 heteroatoms. The zero-order chi connectivity index (χ0) is 15.2. The van der Waals surface area contributed by atoms with Crippen molar-refractivity contribution < 1.29 is 13.2 Å². The summed E-state index contributed by atoms with van der Waals surface area (Å²) in [6.45, 7) is 5.75. The summed E-state index contributed by atoms with van der Waals surface area (Å²) in [6, 6.07) is 3.45. The van der Waals surface area contributed by atoms with Crippen LogP contribution in [0, 0.1) is 0 Å². The predicted octanol–water partition coefficient (Wildman–Crippen LogP) is 3.68. The number of nitrogens with one attached hydrogen (secondary N) is 1. The molecule has 0 aromatic carbocycles. The zero-order valence-electron chi connectivity index (χ0n) is 12.2. The molecular weight excluding hydrogens is 267 g/mol. The summed E-state index contributed by atoms with van der Waals surface area (Å²) in [5.74, 6) is 0.752. The van der Waals surface area contributed by atoms with Crippen LogP contribution in [-0.2, 0) is 6.54 Å². The molecule has 0 saturated heterocycles. The molecular formula is C14H22F3N3.